The van der Waals surface area contributed by atoms with Crippen LogP contribution in [-0.2, 0) is 14.8 Å². The van der Waals surface area contributed by atoms with E-state index in [1.807, 2.05) is 0 Å². The number of halogens is 1. The second-order valence-electron chi connectivity index (χ2n) is 5.76. The largest absolute Gasteiger partial charge is 0.479 e. The zero-order chi connectivity index (χ0) is 19.8. The molecule has 27 heavy (non-hydrogen) atoms. The Morgan fingerprint density at radius 3 is 2.67 bits per heavy atom. The molecule has 2 aromatic rings. The minimum absolute atomic E-state index is 0.000352. The highest BCUT2D eigenvalue weighted by Crippen LogP contribution is 2.32. The fourth-order valence-corrected chi connectivity index (χ4v) is 3.41. The Hall–Kier alpha value is -2.62. The first-order valence-corrected chi connectivity index (χ1v) is 9.73. The van der Waals surface area contributed by atoms with E-state index in [0.29, 0.717) is 17.1 Å². The Kier molecular flexibility index (Phi) is 5.09. The summed E-state index contributed by atoms with van der Waals surface area (Å²) < 4.78 is 31.5. The van der Waals surface area contributed by atoms with E-state index in [2.05, 4.69) is 15.4 Å². The molecule has 3 N–H and O–H groups in total. The van der Waals surface area contributed by atoms with Crippen LogP contribution in [0.5, 0.6) is 5.75 Å². The molecule has 0 radical (unpaired) electrons. The van der Waals surface area contributed by atoms with Crippen LogP contribution in [0.3, 0.4) is 0 Å². The van der Waals surface area contributed by atoms with E-state index in [9.17, 15) is 18.0 Å². The fraction of sp³-hybridized carbons (Fsp3) is 0.176. The number of anilines is 2. The number of carbonyl (C=O) groups is 2. The molecule has 0 fully saturated rings. The maximum atomic E-state index is 12.6. The molecule has 142 valence electrons. The Morgan fingerprint density at radius 1 is 1.22 bits per heavy atom. The minimum Gasteiger partial charge on any atom is -0.479 e. The lowest BCUT2D eigenvalue weighted by Crippen LogP contribution is -2.34. The van der Waals surface area contributed by atoms with Crippen molar-refractivity contribution in [2.24, 2.45) is 0 Å². The summed E-state index contributed by atoms with van der Waals surface area (Å²) in [5.41, 5.74) is 0.809. The van der Waals surface area contributed by atoms with Crippen molar-refractivity contribution >= 4 is 44.8 Å². The smallest absolute Gasteiger partial charge is 0.265 e. The molecular formula is C17H16ClN3O5S. The van der Waals surface area contributed by atoms with Crippen molar-refractivity contribution in [3.63, 3.8) is 0 Å². The SMILES string of the molecule is CNS(=O)(=O)c1ccc(Cl)c(C(=O)Nc2ccc3c(c2)NC(=O)[C@@H](C)O3)c1. The summed E-state index contributed by atoms with van der Waals surface area (Å²) in [5.74, 6) is -0.399. The van der Waals surface area contributed by atoms with Crippen LogP contribution in [-0.4, -0.2) is 33.4 Å². The normalized spacial score (nSPS) is 16.1. The summed E-state index contributed by atoms with van der Waals surface area (Å²) >= 11 is 6.05. The van der Waals surface area contributed by atoms with E-state index < -0.39 is 22.0 Å². The Labute approximate surface area is 160 Å². The number of hydrogen-bond donors (Lipinski definition) is 3. The van der Waals surface area contributed by atoms with Gasteiger partial charge in [0.15, 0.2) is 6.10 Å². The van der Waals surface area contributed by atoms with Gasteiger partial charge in [0, 0.05) is 5.69 Å². The number of nitrogens with one attached hydrogen (secondary N) is 3. The highest BCUT2D eigenvalue weighted by atomic mass is 35.5. The van der Waals surface area contributed by atoms with E-state index in [0.717, 1.165) is 0 Å². The van der Waals surface area contributed by atoms with Gasteiger partial charge in [-0.1, -0.05) is 11.6 Å². The third-order valence-corrected chi connectivity index (χ3v) is 5.67. The van der Waals surface area contributed by atoms with Gasteiger partial charge in [0.2, 0.25) is 10.0 Å². The van der Waals surface area contributed by atoms with Crippen LogP contribution in [0.25, 0.3) is 0 Å². The van der Waals surface area contributed by atoms with Gasteiger partial charge in [-0.05, 0) is 50.4 Å². The van der Waals surface area contributed by atoms with Gasteiger partial charge in [-0.15, -0.1) is 0 Å². The van der Waals surface area contributed by atoms with Crippen molar-refractivity contribution in [3.8, 4) is 5.75 Å². The first-order chi connectivity index (χ1) is 12.7. The van der Waals surface area contributed by atoms with E-state index in [-0.39, 0.29) is 21.4 Å². The van der Waals surface area contributed by atoms with E-state index in [1.54, 1.807) is 25.1 Å². The monoisotopic (exact) mass is 409 g/mol. The van der Waals surface area contributed by atoms with Gasteiger partial charge < -0.3 is 15.4 Å². The van der Waals surface area contributed by atoms with Crippen molar-refractivity contribution in [1.82, 2.24) is 4.72 Å². The minimum atomic E-state index is -3.72. The molecule has 2 aromatic carbocycles. The van der Waals surface area contributed by atoms with Crippen LogP contribution < -0.4 is 20.1 Å². The van der Waals surface area contributed by atoms with Crippen LogP contribution in [0, 0.1) is 0 Å². The van der Waals surface area contributed by atoms with Gasteiger partial charge in [-0.25, -0.2) is 13.1 Å². The molecule has 1 heterocycles. The van der Waals surface area contributed by atoms with Crippen LogP contribution in [0.1, 0.15) is 17.3 Å². The summed E-state index contributed by atoms with van der Waals surface area (Å²) in [5, 5.41) is 5.41. The molecule has 0 bridgehead atoms. The van der Waals surface area contributed by atoms with Crippen LogP contribution >= 0.6 is 11.6 Å². The van der Waals surface area contributed by atoms with Gasteiger partial charge in [0.25, 0.3) is 11.8 Å². The molecular weight excluding hydrogens is 394 g/mol. The molecule has 2 amide bonds. The predicted octanol–water partition coefficient (Wildman–Crippen LogP) is 2.22. The highest BCUT2D eigenvalue weighted by molar-refractivity contribution is 7.89. The number of rotatable bonds is 4. The van der Waals surface area contributed by atoms with Crippen molar-refractivity contribution < 1.29 is 22.7 Å². The lowest BCUT2D eigenvalue weighted by atomic mass is 10.2. The molecule has 1 aliphatic heterocycles. The summed E-state index contributed by atoms with van der Waals surface area (Å²) in [4.78, 5) is 24.2. The molecule has 0 aliphatic carbocycles. The summed E-state index contributed by atoms with van der Waals surface area (Å²) in [6.45, 7) is 1.63. The van der Waals surface area contributed by atoms with E-state index in [4.69, 9.17) is 16.3 Å². The van der Waals surface area contributed by atoms with Crippen LogP contribution in [0.15, 0.2) is 41.3 Å². The average molecular weight is 410 g/mol. The topological polar surface area (TPSA) is 114 Å². The maximum absolute atomic E-state index is 12.6. The zero-order valence-electron chi connectivity index (χ0n) is 14.4. The van der Waals surface area contributed by atoms with Crippen molar-refractivity contribution in [2.75, 3.05) is 17.7 Å². The summed E-state index contributed by atoms with van der Waals surface area (Å²) in [6, 6.07) is 8.59. The number of sulfonamides is 1. The van der Waals surface area contributed by atoms with Gasteiger partial charge in [-0.2, -0.15) is 0 Å². The van der Waals surface area contributed by atoms with E-state index >= 15 is 0 Å². The first kappa shape index (κ1) is 19.2. The third-order valence-electron chi connectivity index (χ3n) is 3.93. The number of amides is 2. The first-order valence-electron chi connectivity index (χ1n) is 7.87. The summed E-state index contributed by atoms with van der Waals surface area (Å²) in [7, 11) is -2.45. The second-order valence-corrected chi connectivity index (χ2v) is 8.06. The average Bonchev–Trinajstić information content (AvgIpc) is 2.63. The molecule has 0 spiro atoms. The Balaban J connectivity index is 1.87. The predicted molar refractivity (Wildman–Crippen MR) is 101 cm³/mol. The standard InChI is InChI=1S/C17H16ClN3O5S/c1-9-16(22)21-14-7-10(3-6-15(14)26-9)20-17(23)12-8-11(4-5-13(12)18)27(24,25)19-2/h3-9,19H,1-2H3,(H,20,23)(H,21,22)/t9-/m1/s1. The van der Waals surface area contributed by atoms with Gasteiger partial charge in [0.05, 0.1) is 21.2 Å². The number of ether oxygens (including phenoxy) is 1. The molecule has 1 atom stereocenters. The quantitative estimate of drug-likeness (QED) is 0.716. The molecule has 0 aromatic heterocycles. The molecule has 1 aliphatic rings. The fourth-order valence-electron chi connectivity index (χ4n) is 2.45. The van der Waals surface area contributed by atoms with Gasteiger partial charge in [-0.3, -0.25) is 9.59 Å². The molecule has 10 heteroatoms. The zero-order valence-corrected chi connectivity index (χ0v) is 15.9. The molecule has 0 saturated carbocycles. The van der Waals surface area contributed by atoms with Gasteiger partial charge in [0.1, 0.15) is 5.75 Å². The Bertz CT molecular complexity index is 1040. The molecule has 3 rings (SSSR count). The molecule has 8 nitrogen and oxygen atoms in total. The number of hydrogen-bond acceptors (Lipinski definition) is 5. The third kappa shape index (κ3) is 3.90. The lowest BCUT2D eigenvalue weighted by Gasteiger charge is -2.23. The van der Waals surface area contributed by atoms with Gasteiger partial charge >= 0.3 is 0 Å². The number of benzene rings is 2. The lowest BCUT2D eigenvalue weighted by molar-refractivity contribution is -0.122. The van der Waals surface area contributed by atoms with Crippen molar-refractivity contribution in [3.05, 3.63) is 47.0 Å². The molecule has 0 unspecified atom stereocenters. The van der Waals surface area contributed by atoms with E-state index in [1.165, 1.54) is 25.2 Å². The summed E-state index contributed by atoms with van der Waals surface area (Å²) in [6.07, 6.45) is -0.603. The van der Waals surface area contributed by atoms with Crippen LogP contribution in [0.4, 0.5) is 11.4 Å². The number of fused-ring (bicyclic) bond motifs is 1. The second kappa shape index (κ2) is 7.18. The number of carbonyl (C=O) groups excluding carboxylic acids is 2. The van der Waals surface area contributed by atoms with Crippen LogP contribution in [0.2, 0.25) is 5.02 Å². The molecule has 0 saturated heterocycles. The highest BCUT2D eigenvalue weighted by Gasteiger charge is 2.24. The van der Waals surface area contributed by atoms with Crippen molar-refractivity contribution in [2.45, 2.75) is 17.9 Å². The maximum Gasteiger partial charge on any atom is 0.265 e. The van der Waals surface area contributed by atoms with Crippen molar-refractivity contribution in [1.29, 1.82) is 0 Å². The Morgan fingerprint density at radius 2 is 1.96 bits per heavy atom.